The number of hydrogen-bond acceptors (Lipinski definition) is 3. The van der Waals surface area contributed by atoms with Crippen LogP contribution in [0.15, 0.2) is 12.7 Å². The summed E-state index contributed by atoms with van der Waals surface area (Å²) >= 11 is 0. The lowest BCUT2D eigenvalue weighted by atomic mass is 9.64. The molecule has 0 amide bonds. The van der Waals surface area contributed by atoms with E-state index in [9.17, 15) is 9.90 Å². The lowest BCUT2D eigenvalue weighted by Gasteiger charge is -2.44. The summed E-state index contributed by atoms with van der Waals surface area (Å²) in [4.78, 5) is 11.1. The number of ether oxygens (including phenoxy) is 1. The second kappa shape index (κ2) is 3.58. The average Bonchev–Trinajstić information content (AvgIpc) is 2.58. The fraction of sp³-hybridized carbons (Fsp3) is 0.786. The van der Waals surface area contributed by atoms with Gasteiger partial charge in [-0.25, -0.2) is 4.79 Å². The minimum atomic E-state index is -0.877. The summed E-state index contributed by atoms with van der Waals surface area (Å²) in [5.41, 5.74) is -0.924. The van der Waals surface area contributed by atoms with Gasteiger partial charge in [-0.15, -0.1) is 0 Å². The largest absolute Gasteiger partial charge is 0.459 e. The Morgan fingerprint density at radius 2 is 2.18 bits per heavy atom. The van der Waals surface area contributed by atoms with Crippen molar-refractivity contribution in [1.82, 2.24) is 0 Å². The number of carbonyl (C=O) groups excluding carboxylic acids is 1. The predicted octanol–water partition coefficient (Wildman–Crippen LogP) is 2.29. The Labute approximate surface area is 103 Å². The van der Waals surface area contributed by atoms with Gasteiger partial charge in [0, 0.05) is 11.5 Å². The highest BCUT2D eigenvalue weighted by Crippen LogP contribution is 2.69. The molecule has 3 heteroatoms. The van der Waals surface area contributed by atoms with E-state index < -0.39 is 11.6 Å². The van der Waals surface area contributed by atoms with Crippen LogP contribution >= 0.6 is 0 Å². The molecule has 0 saturated heterocycles. The molecule has 0 aromatic carbocycles. The topological polar surface area (TPSA) is 46.5 Å². The third-order valence-corrected chi connectivity index (χ3v) is 5.67. The first-order chi connectivity index (χ1) is 7.77. The van der Waals surface area contributed by atoms with Gasteiger partial charge in [0.1, 0.15) is 12.2 Å². The van der Waals surface area contributed by atoms with Gasteiger partial charge in [0.2, 0.25) is 0 Å². The van der Waals surface area contributed by atoms with Crippen LogP contribution in [0.2, 0.25) is 0 Å². The van der Waals surface area contributed by atoms with E-state index in [1.807, 2.05) is 0 Å². The van der Waals surface area contributed by atoms with Crippen molar-refractivity contribution in [2.24, 2.45) is 16.7 Å². The standard InChI is InChI=1S/C14H22O3/c1-5-11(15)17-9-14(16)8-10-6-7-13(14,4)12(10,2)3/h5,10,16H,1,6-9H2,2-4H3. The summed E-state index contributed by atoms with van der Waals surface area (Å²) in [5, 5.41) is 10.8. The minimum absolute atomic E-state index is 0.0916. The van der Waals surface area contributed by atoms with Gasteiger partial charge in [0.05, 0.1) is 0 Å². The van der Waals surface area contributed by atoms with Crippen molar-refractivity contribution in [3.63, 3.8) is 0 Å². The molecule has 0 radical (unpaired) electrons. The van der Waals surface area contributed by atoms with Crippen LogP contribution in [-0.4, -0.2) is 23.3 Å². The highest BCUT2D eigenvalue weighted by Gasteiger charge is 2.68. The molecule has 2 rings (SSSR count). The maximum Gasteiger partial charge on any atom is 0.330 e. The molecule has 2 saturated carbocycles. The Kier molecular flexibility index (Phi) is 2.66. The molecule has 0 aromatic rings. The van der Waals surface area contributed by atoms with Crippen LogP contribution in [0, 0.1) is 16.7 Å². The molecule has 2 bridgehead atoms. The summed E-state index contributed by atoms with van der Waals surface area (Å²) in [6.07, 6.45) is 4.05. The Morgan fingerprint density at radius 3 is 2.59 bits per heavy atom. The van der Waals surface area contributed by atoms with Crippen molar-refractivity contribution >= 4 is 5.97 Å². The lowest BCUT2D eigenvalue weighted by molar-refractivity contribution is -0.160. The highest BCUT2D eigenvalue weighted by atomic mass is 16.5. The van der Waals surface area contributed by atoms with Crippen molar-refractivity contribution < 1.29 is 14.6 Å². The maximum atomic E-state index is 11.1. The van der Waals surface area contributed by atoms with Gasteiger partial charge < -0.3 is 9.84 Å². The van der Waals surface area contributed by atoms with Crippen LogP contribution in [0.3, 0.4) is 0 Å². The van der Waals surface area contributed by atoms with E-state index in [1.165, 1.54) is 6.42 Å². The fourth-order valence-electron chi connectivity index (χ4n) is 3.89. The second-order valence-corrected chi connectivity index (χ2v) is 6.34. The molecule has 0 spiro atoms. The molecule has 0 heterocycles. The SMILES string of the molecule is C=CC(=O)OCC1(O)CC2CCC1(C)C2(C)C. The van der Waals surface area contributed by atoms with Crippen LogP contribution in [0.5, 0.6) is 0 Å². The molecule has 2 aliphatic carbocycles. The zero-order chi connectivity index (χ0) is 12.9. The summed E-state index contributed by atoms with van der Waals surface area (Å²) in [6.45, 7) is 10.0. The zero-order valence-electron chi connectivity index (χ0n) is 11.0. The third-order valence-electron chi connectivity index (χ3n) is 5.67. The molecule has 3 unspecified atom stereocenters. The smallest absolute Gasteiger partial charge is 0.330 e. The van der Waals surface area contributed by atoms with E-state index in [0.717, 1.165) is 18.9 Å². The second-order valence-electron chi connectivity index (χ2n) is 6.34. The molecule has 3 atom stereocenters. The van der Waals surface area contributed by atoms with Gasteiger partial charge in [-0.1, -0.05) is 27.4 Å². The summed E-state index contributed by atoms with van der Waals surface area (Å²) in [7, 11) is 0. The molecule has 3 nitrogen and oxygen atoms in total. The highest BCUT2D eigenvalue weighted by molar-refractivity contribution is 5.81. The van der Waals surface area contributed by atoms with Crippen LogP contribution in [-0.2, 0) is 9.53 Å². The number of carbonyl (C=O) groups is 1. The van der Waals surface area contributed by atoms with Crippen molar-refractivity contribution in [3.05, 3.63) is 12.7 Å². The van der Waals surface area contributed by atoms with Gasteiger partial charge in [-0.05, 0) is 30.6 Å². The number of hydrogen-bond donors (Lipinski definition) is 1. The molecular weight excluding hydrogens is 216 g/mol. The summed E-state index contributed by atoms with van der Waals surface area (Å²) < 4.78 is 5.08. The Bertz CT molecular complexity index is 360. The van der Waals surface area contributed by atoms with Crippen molar-refractivity contribution in [1.29, 1.82) is 0 Å². The van der Waals surface area contributed by atoms with Gasteiger partial charge in [-0.3, -0.25) is 0 Å². The minimum Gasteiger partial charge on any atom is -0.459 e. The van der Waals surface area contributed by atoms with E-state index >= 15 is 0 Å². The fourth-order valence-corrected chi connectivity index (χ4v) is 3.89. The maximum absolute atomic E-state index is 11.1. The summed E-state index contributed by atoms with van der Waals surface area (Å²) in [6, 6.07) is 0. The molecule has 96 valence electrons. The average molecular weight is 238 g/mol. The molecule has 2 aliphatic rings. The molecule has 2 fully saturated rings. The van der Waals surface area contributed by atoms with E-state index in [-0.39, 0.29) is 17.4 Å². The van der Waals surface area contributed by atoms with E-state index in [1.54, 1.807) is 0 Å². The molecule has 17 heavy (non-hydrogen) atoms. The van der Waals surface area contributed by atoms with Crippen LogP contribution in [0.4, 0.5) is 0 Å². The Balaban J connectivity index is 2.18. The van der Waals surface area contributed by atoms with Gasteiger partial charge in [-0.2, -0.15) is 0 Å². The van der Waals surface area contributed by atoms with Crippen molar-refractivity contribution in [2.75, 3.05) is 6.61 Å². The first-order valence-electron chi connectivity index (χ1n) is 6.28. The number of rotatable bonds is 3. The molecular formula is C14H22O3. The Hall–Kier alpha value is -0.830. The number of fused-ring (bicyclic) bond motifs is 2. The molecule has 0 aliphatic heterocycles. The van der Waals surface area contributed by atoms with E-state index in [2.05, 4.69) is 27.4 Å². The first kappa shape index (κ1) is 12.6. The van der Waals surface area contributed by atoms with E-state index in [4.69, 9.17) is 4.74 Å². The zero-order valence-corrected chi connectivity index (χ0v) is 11.0. The van der Waals surface area contributed by atoms with Crippen LogP contribution in [0.25, 0.3) is 0 Å². The lowest BCUT2D eigenvalue weighted by Crippen LogP contribution is -2.50. The van der Waals surface area contributed by atoms with Crippen LogP contribution in [0.1, 0.15) is 40.0 Å². The van der Waals surface area contributed by atoms with Gasteiger partial charge in [0.25, 0.3) is 0 Å². The predicted molar refractivity (Wildman–Crippen MR) is 65.3 cm³/mol. The third kappa shape index (κ3) is 1.48. The Morgan fingerprint density at radius 1 is 1.53 bits per heavy atom. The summed E-state index contributed by atoms with van der Waals surface area (Å²) in [5.74, 6) is 0.0718. The van der Waals surface area contributed by atoms with Crippen molar-refractivity contribution in [2.45, 2.75) is 45.6 Å². The van der Waals surface area contributed by atoms with Crippen molar-refractivity contribution in [3.8, 4) is 0 Å². The molecule has 1 N–H and O–H groups in total. The normalized spacial score (nSPS) is 42.5. The molecule has 0 aromatic heterocycles. The number of aliphatic hydroxyl groups is 1. The monoisotopic (exact) mass is 238 g/mol. The van der Waals surface area contributed by atoms with Gasteiger partial charge >= 0.3 is 5.97 Å². The first-order valence-corrected chi connectivity index (χ1v) is 6.28. The van der Waals surface area contributed by atoms with Gasteiger partial charge in [0.15, 0.2) is 0 Å². The van der Waals surface area contributed by atoms with Crippen LogP contribution < -0.4 is 0 Å². The number of esters is 1. The quantitative estimate of drug-likeness (QED) is 0.606. The van der Waals surface area contributed by atoms with E-state index in [0.29, 0.717) is 5.92 Å².